The zero-order chi connectivity index (χ0) is 18.5. The van der Waals surface area contributed by atoms with Gasteiger partial charge in [-0.25, -0.2) is 13.5 Å². The van der Waals surface area contributed by atoms with Crippen LogP contribution in [0.4, 0.5) is 8.78 Å². The SMILES string of the molecule is CNCc1cc(OCc2cc(F)ccc2F)n(Cc2ccc(Cl)cc2)n1. The molecule has 3 aromatic rings. The molecule has 0 atom stereocenters. The number of hydrogen-bond donors (Lipinski definition) is 1. The second-order valence-corrected chi connectivity index (χ2v) is 6.25. The molecule has 2 aromatic carbocycles. The van der Waals surface area contributed by atoms with Crippen molar-refractivity contribution in [2.75, 3.05) is 7.05 Å². The molecule has 1 aromatic heterocycles. The number of hydrogen-bond acceptors (Lipinski definition) is 3. The average Bonchev–Trinajstić information content (AvgIpc) is 2.99. The minimum Gasteiger partial charge on any atom is -0.473 e. The molecule has 26 heavy (non-hydrogen) atoms. The van der Waals surface area contributed by atoms with E-state index in [4.69, 9.17) is 16.3 Å². The molecule has 0 spiro atoms. The molecule has 136 valence electrons. The number of halogens is 3. The van der Waals surface area contributed by atoms with Gasteiger partial charge in [0.15, 0.2) is 0 Å². The number of nitrogens with zero attached hydrogens (tertiary/aromatic N) is 2. The molecule has 0 saturated carbocycles. The standard InChI is InChI=1S/C19H18ClF2N3O/c1-23-10-17-9-19(26-12-14-8-16(21)6-7-18(14)22)25(24-17)11-13-2-4-15(20)5-3-13/h2-9,23H,10-12H2,1H3. The van der Waals surface area contributed by atoms with Crippen LogP contribution in [0.3, 0.4) is 0 Å². The summed E-state index contributed by atoms with van der Waals surface area (Å²) in [6, 6.07) is 12.5. The zero-order valence-corrected chi connectivity index (χ0v) is 14.9. The smallest absolute Gasteiger partial charge is 0.212 e. The van der Waals surface area contributed by atoms with Crippen molar-refractivity contribution in [3.05, 3.63) is 82.0 Å². The molecule has 1 N–H and O–H groups in total. The average molecular weight is 378 g/mol. The molecule has 0 aliphatic carbocycles. The van der Waals surface area contributed by atoms with Gasteiger partial charge in [0.25, 0.3) is 0 Å². The molecule has 0 aliphatic rings. The molecule has 0 bridgehead atoms. The molecule has 0 fully saturated rings. The fourth-order valence-electron chi connectivity index (χ4n) is 2.52. The second kappa shape index (κ2) is 8.29. The topological polar surface area (TPSA) is 39.1 Å². The summed E-state index contributed by atoms with van der Waals surface area (Å²) in [6.07, 6.45) is 0. The Balaban J connectivity index is 1.80. The van der Waals surface area contributed by atoms with Crippen molar-refractivity contribution in [1.82, 2.24) is 15.1 Å². The third-order valence-corrected chi connectivity index (χ3v) is 4.03. The van der Waals surface area contributed by atoms with Crippen LogP contribution in [0.5, 0.6) is 5.88 Å². The van der Waals surface area contributed by atoms with Gasteiger partial charge in [-0.15, -0.1) is 0 Å². The first kappa shape index (κ1) is 18.4. The fraction of sp³-hybridized carbons (Fsp3) is 0.211. The lowest BCUT2D eigenvalue weighted by Gasteiger charge is -2.10. The van der Waals surface area contributed by atoms with Gasteiger partial charge < -0.3 is 10.1 Å². The highest BCUT2D eigenvalue weighted by Gasteiger charge is 2.12. The van der Waals surface area contributed by atoms with Crippen LogP contribution in [0.1, 0.15) is 16.8 Å². The van der Waals surface area contributed by atoms with Crippen molar-refractivity contribution in [2.45, 2.75) is 19.7 Å². The van der Waals surface area contributed by atoms with E-state index < -0.39 is 11.6 Å². The van der Waals surface area contributed by atoms with E-state index in [1.54, 1.807) is 22.9 Å². The van der Waals surface area contributed by atoms with Gasteiger partial charge in [0.1, 0.15) is 18.2 Å². The number of rotatable bonds is 7. The molecular formula is C19H18ClF2N3O. The van der Waals surface area contributed by atoms with Crippen molar-refractivity contribution in [3.8, 4) is 5.88 Å². The maximum atomic E-state index is 13.8. The van der Waals surface area contributed by atoms with Gasteiger partial charge in [0, 0.05) is 23.2 Å². The van der Waals surface area contributed by atoms with Crippen LogP contribution >= 0.6 is 11.6 Å². The molecule has 7 heteroatoms. The monoisotopic (exact) mass is 377 g/mol. The van der Waals surface area contributed by atoms with Crippen LogP contribution in [0, 0.1) is 11.6 Å². The minimum absolute atomic E-state index is 0.0884. The molecular weight excluding hydrogens is 360 g/mol. The summed E-state index contributed by atoms with van der Waals surface area (Å²) < 4.78 is 34.5. The molecule has 0 amide bonds. The Labute approximate surface area is 155 Å². The van der Waals surface area contributed by atoms with E-state index in [0.717, 1.165) is 29.5 Å². The Hall–Kier alpha value is -2.44. The Bertz CT molecular complexity index is 881. The molecule has 4 nitrogen and oxygen atoms in total. The van der Waals surface area contributed by atoms with Gasteiger partial charge in [-0.2, -0.15) is 5.10 Å². The maximum absolute atomic E-state index is 13.8. The van der Waals surface area contributed by atoms with E-state index >= 15 is 0 Å². The fourth-order valence-corrected chi connectivity index (χ4v) is 2.64. The Morgan fingerprint density at radius 3 is 2.62 bits per heavy atom. The van der Waals surface area contributed by atoms with E-state index in [9.17, 15) is 8.78 Å². The minimum atomic E-state index is -0.509. The first-order valence-electron chi connectivity index (χ1n) is 8.07. The normalized spacial score (nSPS) is 10.9. The van der Waals surface area contributed by atoms with E-state index in [1.807, 2.05) is 19.2 Å². The van der Waals surface area contributed by atoms with Gasteiger partial charge in [0.2, 0.25) is 5.88 Å². The van der Waals surface area contributed by atoms with Crippen LogP contribution in [0.25, 0.3) is 0 Å². The summed E-state index contributed by atoms with van der Waals surface area (Å²) in [4.78, 5) is 0. The first-order chi connectivity index (χ1) is 12.5. The largest absolute Gasteiger partial charge is 0.473 e. The lowest BCUT2D eigenvalue weighted by atomic mass is 10.2. The maximum Gasteiger partial charge on any atom is 0.212 e. The van der Waals surface area contributed by atoms with Gasteiger partial charge in [-0.05, 0) is 42.9 Å². The highest BCUT2D eigenvalue weighted by molar-refractivity contribution is 6.30. The summed E-state index contributed by atoms with van der Waals surface area (Å²) in [5.74, 6) is -0.532. The molecule has 1 heterocycles. The van der Waals surface area contributed by atoms with Crippen molar-refractivity contribution in [3.63, 3.8) is 0 Å². The third-order valence-electron chi connectivity index (χ3n) is 3.78. The summed E-state index contributed by atoms with van der Waals surface area (Å²) in [5.41, 5.74) is 1.94. The number of benzene rings is 2. The predicted octanol–water partition coefficient (Wildman–Crippen LogP) is 4.16. The summed E-state index contributed by atoms with van der Waals surface area (Å²) in [7, 11) is 1.82. The highest BCUT2D eigenvalue weighted by atomic mass is 35.5. The molecule has 3 rings (SSSR count). The van der Waals surface area contributed by atoms with E-state index in [2.05, 4.69) is 10.4 Å². The Kier molecular flexibility index (Phi) is 5.85. The van der Waals surface area contributed by atoms with Crippen LogP contribution in [-0.4, -0.2) is 16.8 Å². The van der Waals surface area contributed by atoms with Crippen LogP contribution in [-0.2, 0) is 19.7 Å². The van der Waals surface area contributed by atoms with Gasteiger partial charge in [0.05, 0.1) is 12.2 Å². The number of nitrogens with one attached hydrogen (secondary N) is 1. The number of aromatic nitrogens is 2. The molecule has 0 radical (unpaired) electrons. The quantitative estimate of drug-likeness (QED) is 0.672. The number of ether oxygens (including phenoxy) is 1. The summed E-state index contributed by atoms with van der Waals surface area (Å²) in [6.45, 7) is 0.953. The molecule has 0 saturated heterocycles. The lowest BCUT2D eigenvalue weighted by molar-refractivity contribution is 0.269. The van der Waals surface area contributed by atoms with E-state index in [-0.39, 0.29) is 12.2 Å². The lowest BCUT2D eigenvalue weighted by Crippen LogP contribution is -2.09. The van der Waals surface area contributed by atoms with E-state index in [1.165, 1.54) is 0 Å². The summed E-state index contributed by atoms with van der Waals surface area (Å²) in [5, 5.41) is 8.18. The van der Waals surface area contributed by atoms with Gasteiger partial charge in [-0.3, -0.25) is 0 Å². The predicted molar refractivity (Wildman–Crippen MR) is 96.2 cm³/mol. The third kappa shape index (κ3) is 4.59. The zero-order valence-electron chi connectivity index (χ0n) is 14.2. The Morgan fingerprint density at radius 1 is 1.12 bits per heavy atom. The van der Waals surface area contributed by atoms with Crippen LogP contribution in [0.15, 0.2) is 48.5 Å². The summed E-state index contributed by atoms with van der Waals surface area (Å²) >= 11 is 5.91. The molecule has 0 aliphatic heterocycles. The van der Waals surface area contributed by atoms with Crippen LogP contribution < -0.4 is 10.1 Å². The van der Waals surface area contributed by atoms with Gasteiger partial charge in [-0.1, -0.05) is 23.7 Å². The van der Waals surface area contributed by atoms with Crippen LogP contribution in [0.2, 0.25) is 5.02 Å². The Morgan fingerprint density at radius 2 is 1.88 bits per heavy atom. The first-order valence-corrected chi connectivity index (χ1v) is 8.45. The van der Waals surface area contributed by atoms with Crippen molar-refractivity contribution in [2.24, 2.45) is 0 Å². The van der Waals surface area contributed by atoms with Crippen molar-refractivity contribution >= 4 is 11.6 Å². The second-order valence-electron chi connectivity index (χ2n) is 5.81. The molecule has 0 unspecified atom stereocenters. The highest BCUT2D eigenvalue weighted by Crippen LogP contribution is 2.20. The van der Waals surface area contributed by atoms with E-state index in [0.29, 0.717) is 24.0 Å². The van der Waals surface area contributed by atoms with Crippen molar-refractivity contribution in [1.29, 1.82) is 0 Å². The van der Waals surface area contributed by atoms with Gasteiger partial charge >= 0.3 is 0 Å². The van der Waals surface area contributed by atoms with Crippen molar-refractivity contribution < 1.29 is 13.5 Å².